The molecule has 1 aliphatic heterocycles. The lowest BCUT2D eigenvalue weighted by atomic mass is 9.91. The van der Waals surface area contributed by atoms with Crippen molar-refractivity contribution in [2.75, 3.05) is 13.1 Å². The molecule has 2 heterocycles. The van der Waals surface area contributed by atoms with E-state index in [-0.39, 0.29) is 5.41 Å². The number of nitrogens with one attached hydrogen (secondary N) is 1. The van der Waals surface area contributed by atoms with E-state index in [2.05, 4.69) is 31.1 Å². The molecular formula is C13H21N3. The smallest absolute Gasteiger partial charge is 0.132 e. The van der Waals surface area contributed by atoms with Crippen LogP contribution in [-0.2, 0) is 5.41 Å². The van der Waals surface area contributed by atoms with Crippen LogP contribution < -0.4 is 5.32 Å². The molecular weight excluding hydrogens is 198 g/mol. The summed E-state index contributed by atoms with van der Waals surface area (Å²) in [7, 11) is 0. The minimum atomic E-state index is 0.111. The summed E-state index contributed by atoms with van der Waals surface area (Å²) in [5.41, 5.74) is 1.25. The third-order valence-corrected chi connectivity index (χ3v) is 3.10. The summed E-state index contributed by atoms with van der Waals surface area (Å²) in [5.74, 6) is 1.51. The second-order valence-electron chi connectivity index (χ2n) is 5.59. The van der Waals surface area contributed by atoms with Gasteiger partial charge in [-0.05, 0) is 25.5 Å². The molecule has 1 unspecified atom stereocenters. The van der Waals surface area contributed by atoms with Gasteiger partial charge >= 0.3 is 0 Å². The predicted molar refractivity (Wildman–Crippen MR) is 65.6 cm³/mol. The fourth-order valence-corrected chi connectivity index (χ4v) is 2.06. The monoisotopic (exact) mass is 219 g/mol. The van der Waals surface area contributed by atoms with Gasteiger partial charge in [0.1, 0.15) is 5.82 Å². The molecule has 16 heavy (non-hydrogen) atoms. The molecule has 0 bridgehead atoms. The summed E-state index contributed by atoms with van der Waals surface area (Å²) in [6.07, 6.45) is 4.34. The molecule has 1 saturated heterocycles. The number of piperidine rings is 1. The zero-order chi connectivity index (χ0) is 11.6. The van der Waals surface area contributed by atoms with Crippen molar-refractivity contribution < 1.29 is 0 Å². The van der Waals surface area contributed by atoms with E-state index in [1.165, 1.54) is 12.8 Å². The zero-order valence-corrected chi connectivity index (χ0v) is 10.5. The third-order valence-electron chi connectivity index (χ3n) is 3.10. The molecule has 0 saturated carbocycles. The van der Waals surface area contributed by atoms with Gasteiger partial charge in [0.2, 0.25) is 0 Å². The molecule has 0 amide bonds. The normalized spacial score (nSPS) is 22.1. The summed E-state index contributed by atoms with van der Waals surface area (Å²) < 4.78 is 0. The fourth-order valence-electron chi connectivity index (χ4n) is 2.06. The van der Waals surface area contributed by atoms with Crippen molar-refractivity contribution in [1.82, 2.24) is 15.3 Å². The van der Waals surface area contributed by atoms with Crippen molar-refractivity contribution in [2.24, 2.45) is 0 Å². The summed E-state index contributed by atoms with van der Waals surface area (Å²) in [5, 5.41) is 3.41. The third kappa shape index (κ3) is 2.59. The van der Waals surface area contributed by atoms with Gasteiger partial charge in [-0.25, -0.2) is 9.97 Å². The van der Waals surface area contributed by atoms with Gasteiger partial charge in [-0.2, -0.15) is 0 Å². The fraction of sp³-hybridized carbons (Fsp3) is 0.692. The molecule has 0 aromatic carbocycles. The Morgan fingerprint density at radius 1 is 1.38 bits per heavy atom. The molecule has 3 nitrogen and oxygen atoms in total. The Morgan fingerprint density at radius 2 is 2.19 bits per heavy atom. The first-order chi connectivity index (χ1) is 7.57. The van der Waals surface area contributed by atoms with E-state index >= 15 is 0 Å². The van der Waals surface area contributed by atoms with Crippen LogP contribution in [0.2, 0.25) is 0 Å². The van der Waals surface area contributed by atoms with Crippen LogP contribution in [0.5, 0.6) is 0 Å². The lowest BCUT2D eigenvalue weighted by Gasteiger charge is -2.23. The molecule has 1 fully saturated rings. The molecule has 88 valence electrons. The number of aromatic nitrogens is 2. The topological polar surface area (TPSA) is 37.8 Å². The number of rotatable bonds is 1. The second kappa shape index (κ2) is 4.50. The highest BCUT2D eigenvalue weighted by atomic mass is 14.9. The zero-order valence-electron chi connectivity index (χ0n) is 10.5. The number of hydrogen-bond donors (Lipinski definition) is 1. The largest absolute Gasteiger partial charge is 0.316 e. The van der Waals surface area contributed by atoms with Crippen molar-refractivity contribution in [3.8, 4) is 0 Å². The van der Waals surface area contributed by atoms with E-state index < -0.39 is 0 Å². The Hall–Kier alpha value is -0.960. The minimum absolute atomic E-state index is 0.111. The first kappa shape index (κ1) is 11.5. The average molecular weight is 219 g/mol. The maximum Gasteiger partial charge on any atom is 0.132 e. The van der Waals surface area contributed by atoms with E-state index in [0.717, 1.165) is 24.6 Å². The first-order valence-electron chi connectivity index (χ1n) is 6.11. The van der Waals surface area contributed by atoms with Crippen LogP contribution in [0.25, 0.3) is 0 Å². The van der Waals surface area contributed by atoms with Crippen molar-refractivity contribution in [2.45, 2.75) is 44.9 Å². The van der Waals surface area contributed by atoms with E-state index in [1.54, 1.807) is 0 Å². The SMILES string of the molecule is CC(C)(C)c1ccnc(C2CCCNC2)n1. The van der Waals surface area contributed by atoms with Gasteiger partial charge in [-0.1, -0.05) is 20.8 Å². The standard InChI is InChI=1S/C13H21N3/c1-13(2,3)11-6-8-15-12(16-11)10-5-4-7-14-9-10/h6,8,10,14H,4-5,7,9H2,1-3H3. The highest BCUT2D eigenvalue weighted by Crippen LogP contribution is 2.24. The maximum absolute atomic E-state index is 4.72. The molecule has 1 N–H and O–H groups in total. The Morgan fingerprint density at radius 3 is 2.81 bits per heavy atom. The Bertz CT molecular complexity index is 348. The van der Waals surface area contributed by atoms with Crippen LogP contribution in [0.3, 0.4) is 0 Å². The average Bonchev–Trinajstić information content (AvgIpc) is 2.29. The molecule has 1 atom stereocenters. The molecule has 0 aliphatic carbocycles. The van der Waals surface area contributed by atoms with Gasteiger partial charge in [0.15, 0.2) is 0 Å². The van der Waals surface area contributed by atoms with Crippen LogP contribution in [0.4, 0.5) is 0 Å². The van der Waals surface area contributed by atoms with Crippen molar-refractivity contribution in [1.29, 1.82) is 0 Å². The van der Waals surface area contributed by atoms with Gasteiger partial charge in [0, 0.05) is 29.8 Å². The molecule has 2 rings (SSSR count). The minimum Gasteiger partial charge on any atom is -0.316 e. The molecule has 1 aliphatic rings. The summed E-state index contributed by atoms with van der Waals surface area (Å²) in [6.45, 7) is 8.73. The molecule has 0 radical (unpaired) electrons. The van der Waals surface area contributed by atoms with Crippen molar-refractivity contribution in [3.63, 3.8) is 0 Å². The Balaban J connectivity index is 2.21. The lowest BCUT2D eigenvalue weighted by Crippen LogP contribution is -2.30. The number of nitrogens with zero attached hydrogens (tertiary/aromatic N) is 2. The lowest BCUT2D eigenvalue weighted by molar-refractivity contribution is 0.441. The van der Waals surface area contributed by atoms with Crippen LogP contribution in [0.1, 0.15) is 51.0 Å². The van der Waals surface area contributed by atoms with Gasteiger partial charge in [-0.15, -0.1) is 0 Å². The summed E-state index contributed by atoms with van der Waals surface area (Å²) in [4.78, 5) is 9.14. The molecule has 1 aromatic rings. The summed E-state index contributed by atoms with van der Waals surface area (Å²) in [6, 6.07) is 2.03. The van der Waals surface area contributed by atoms with Crippen molar-refractivity contribution in [3.05, 3.63) is 23.8 Å². The highest BCUT2D eigenvalue weighted by molar-refractivity contribution is 5.14. The summed E-state index contributed by atoms with van der Waals surface area (Å²) >= 11 is 0. The van der Waals surface area contributed by atoms with Crippen LogP contribution in [0.15, 0.2) is 12.3 Å². The van der Waals surface area contributed by atoms with Crippen LogP contribution in [0, 0.1) is 0 Å². The Labute approximate surface area is 97.7 Å². The maximum atomic E-state index is 4.72. The van der Waals surface area contributed by atoms with E-state index in [9.17, 15) is 0 Å². The van der Waals surface area contributed by atoms with E-state index in [0.29, 0.717) is 5.92 Å². The Kier molecular flexibility index (Phi) is 3.24. The van der Waals surface area contributed by atoms with Crippen molar-refractivity contribution >= 4 is 0 Å². The quantitative estimate of drug-likeness (QED) is 0.787. The second-order valence-corrected chi connectivity index (χ2v) is 5.59. The van der Waals surface area contributed by atoms with Gasteiger partial charge < -0.3 is 5.32 Å². The molecule has 1 aromatic heterocycles. The van der Waals surface area contributed by atoms with E-state index in [4.69, 9.17) is 4.98 Å². The predicted octanol–water partition coefficient (Wildman–Crippen LogP) is 2.24. The first-order valence-corrected chi connectivity index (χ1v) is 6.11. The van der Waals surface area contributed by atoms with E-state index in [1.807, 2.05) is 12.3 Å². The van der Waals surface area contributed by atoms with Crippen LogP contribution in [-0.4, -0.2) is 23.1 Å². The van der Waals surface area contributed by atoms with Gasteiger partial charge in [0.05, 0.1) is 0 Å². The molecule has 0 spiro atoms. The number of hydrogen-bond acceptors (Lipinski definition) is 3. The van der Waals surface area contributed by atoms with Gasteiger partial charge in [-0.3, -0.25) is 0 Å². The van der Waals surface area contributed by atoms with Gasteiger partial charge in [0.25, 0.3) is 0 Å². The molecule has 3 heteroatoms. The highest BCUT2D eigenvalue weighted by Gasteiger charge is 2.21. The van der Waals surface area contributed by atoms with Crippen LogP contribution >= 0.6 is 0 Å².